The van der Waals surface area contributed by atoms with Crippen molar-refractivity contribution in [1.29, 1.82) is 0 Å². The van der Waals surface area contributed by atoms with Gasteiger partial charge < -0.3 is 10.1 Å². The fraction of sp³-hybridized carbons (Fsp3) is 0.273. The SMILES string of the molecule is Cc1ccc(NC(=O)[C@@H](C)OC(=O)CCc2nc3ccccc3c(=O)n2C)cc1. The number of carbonyl (C=O) groups is 2. The molecule has 0 bridgehead atoms. The van der Waals surface area contributed by atoms with Crippen LogP contribution in [0.3, 0.4) is 0 Å². The van der Waals surface area contributed by atoms with Gasteiger partial charge in [-0.1, -0.05) is 29.8 Å². The Morgan fingerprint density at radius 1 is 1.14 bits per heavy atom. The number of aromatic nitrogens is 2. The summed E-state index contributed by atoms with van der Waals surface area (Å²) in [5, 5.41) is 3.24. The van der Waals surface area contributed by atoms with Gasteiger partial charge in [-0.05, 0) is 38.1 Å². The molecule has 0 saturated heterocycles. The first-order valence-electron chi connectivity index (χ1n) is 9.37. The number of amides is 1. The molecular formula is C22H23N3O4. The molecule has 7 heteroatoms. The Kier molecular flexibility index (Phi) is 6.07. The predicted molar refractivity (Wildman–Crippen MR) is 111 cm³/mol. The molecular weight excluding hydrogens is 370 g/mol. The van der Waals surface area contributed by atoms with Crippen LogP contribution in [0, 0.1) is 6.92 Å². The Morgan fingerprint density at radius 2 is 1.83 bits per heavy atom. The Bertz CT molecular complexity index is 1100. The molecule has 3 aromatic rings. The Morgan fingerprint density at radius 3 is 2.55 bits per heavy atom. The fourth-order valence-electron chi connectivity index (χ4n) is 2.89. The summed E-state index contributed by atoms with van der Waals surface area (Å²) in [6.45, 7) is 3.47. The highest BCUT2D eigenvalue weighted by atomic mass is 16.5. The number of para-hydroxylation sites is 1. The van der Waals surface area contributed by atoms with E-state index in [-0.39, 0.29) is 18.4 Å². The Hall–Kier alpha value is -3.48. The van der Waals surface area contributed by atoms with Crippen molar-refractivity contribution in [2.24, 2.45) is 7.05 Å². The van der Waals surface area contributed by atoms with Crippen molar-refractivity contribution in [2.45, 2.75) is 32.8 Å². The first-order chi connectivity index (χ1) is 13.8. The number of ether oxygens (including phenoxy) is 1. The topological polar surface area (TPSA) is 90.3 Å². The molecule has 1 heterocycles. The number of nitrogens with zero attached hydrogens (tertiary/aromatic N) is 2. The van der Waals surface area contributed by atoms with Gasteiger partial charge in [-0.15, -0.1) is 0 Å². The Labute approximate surface area is 168 Å². The van der Waals surface area contributed by atoms with E-state index in [0.717, 1.165) is 5.56 Å². The molecule has 29 heavy (non-hydrogen) atoms. The average Bonchev–Trinajstić information content (AvgIpc) is 2.71. The lowest BCUT2D eigenvalue weighted by Gasteiger charge is -2.14. The van der Waals surface area contributed by atoms with Crippen LogP contribution in [0.2, 0.25) is 0 Å². The summed E-state index contributed by atoms with van der Waals surface area (Å²) in [7, 11) is 1.63. The minimum absolute atomic E-state index is 0.0147. The summed E-state index contributed by atoms with van der Waals surface area (Å²) in [4.78, 5) is 41.2. The van der Waals surface area contributed by atoms with E-state index in [0.29, 0.717) is 22.4 Å². The first kappa shape index (κ1) is 20.3. The summed E-state index contributed by atoms with van der Waals surface area (Å²) in [5.41, 5.74) is 2.15. The average molecular weight is 393 g/mol. The van der Waals surface area contributed by atoms with E-state index >= 15 is 0 Å². The molecule has 0 aliphatic carbocycles. The molecule has 1 aromatic heterocycles. The second-order valence-corrected chi connectivity index (χ2v) is 6.90. The smallest absolute Gasteiger partial charge is 0.307 e. The number of nitrogens with one attached hydrogen (secondary N) is 1. The molecule has 0 aliphatic heterocycles. The van der Waals surface area contributed by atoms with Crippen molar-refractivity contribution >= 4 is 28.5 Å². The van der Waals surface area contributed by atoms with Crippen molar-refractivity contribution in [2.75, 3.05) is 5.32 Å². The second kappa shape index (κ2) is 8.68. The van der Waals surface area contributed by atoms with Crippen LogP contribution in [0.4, 0.5) is 5.69 Å². The Balaban J connectivity index is 1.59. The molecule has 1 amide bonds. The maximum absolute atomic E-state index is 12.4. The zero-order valence-electron chi connectivity index (χ0n) is 16.6. The lowest BCUT2D eigenvalue weighted by Crippen LogP contribution is -2.30. The van der Waals surface area contributed by atoms with Crippen molar-refractivity contribution in [3.8, 4) is 0 Å². The first-order valence-corrected chi connectivity index (χ1v) is 9.37. The van der Waals surface area contributed by atoms with Gasteiger partial charge in [0, 0.05) is 19.2 Å². The second-order valence-electron chi connectivity index (χ2n) is 6.90. The van der Waals surface area contributed by atoms with Gasteiger partial charge >= 0.3 is 5.97 Å². The minimum Gasteiger partial charge on any atom is -0.453 e. The molecule has 0 spiro atoms. The third kappa shape index (κ3) is 4.87. The van der Waals surface area contributed by atoms with Gasteiger partial charge in [0.05, 0.1) is 17.3 Å². The largest absolute Gasteiger partial charge is 0.453 e. The van der Waals surface area contributed by atoms with E-state index in [9.17, 15) is 14.4 Å². The summed E-state index contributed by atoms with van der Waals surface area (Å²) >= 11 is 0. The third-order valence-corrected chi connectivity index (χ3v) is 4.63. The van der Waals surface area contributed by atoms with Gasteiger partial charge in [0.25, 0.3) is 11.5 Å². The monoisotopic (exact) mass is 393 g/mol. The molecule has 7 nitrogen and oxygen atoms in total. The number of fused-ring (bicyclic) bond motifs is 1. The van der Waals surface area contributed by atoms with Gasteiger partial charge in [-0.25, -0.2) is 4.98 Å². The van der Waals surface area contributed by atoms with Crippen LogP contribution < -0.4 is 10.9 Å². The lowest BCUT2D eigenvalue weighted by molar-refractivity contribution is -0.153. The maximum atomic E-state index is 12.4. The number of benzene rings is 2. The van der Waals surface area contributed by atoms with Gasteiger partial charge in [0.2, 0.25) is 0 Å². The van der Waals surface area contributed by atoms with E-state index in [2.05, 4.69) is 10.3 Å². The van der Waals surface area contributed by atoms with Gasteiger partial charge in [-0.2, -0.15) is 0 Å². The minimum atomic E-state index is -0.933. The molecule has 2 aromatic carbocycles. The highest BCUT2D eigenvalue weighted by molar-refractivity contribution is 5.95. The highest BCUT2D eigenvalue weighted by Crippen LogP contribution is 2.11. The normalized spacial score (nSPS) is 11.8. The summed E-state index contributed by atoms with van der Waals surface area (Å²) in [5.74, 6) is -0.445. The highest BCUT2D eigenvalue weighted by Gasteiger charge is 2.18. The zero-order valence-corrected chi connectivity index (χ0v) is 16.6. The molecule has 0 aliphatic rings. The number of anilines is 1. The summed E-state index contributed by atoms with van der Waals surface area (Å²) in [6, 6.07) is 14.4. The van der Waals surface area contributed by atoms with E-state index in [1.165, 1.54) is 11.5 Å². The number of aryl methyl sites for hydroxylation is 2. The van der Waals surface area contributed by atoms with E-state index in [4.69, 9.17) is 4.74 Å². The molecule has 0 fully saturated rings. The van der Waals surface area contributed by atoms with Crippen molar-refractivity contribution in [3.05, 3.63) is 70.3 Å². The van der Waals surface area contributed by atoms with Crippen LogP contribution in [0.5, 0.6) is 0 Å². The van der Waals surface area contributed by atoms with Crippen LogP contribution in [0.15, 0.2) is 53.3 Å². The van der Waals surface area contributed by atoms with E-state index in [1.54, 1.807) is 43.4 Å². The van der Waals surface area contributed by atoms with Crippen molar-refractivity contribution < 1.29 is 14.3 Å². The van der Waals surface area contributed by atoms with Gasteiger partial charge in [0.15, 0.2) is 6.10 Å². The molecule has 3 rings (SSSR count). The van der Waals surface area contributed by atoms with Crippen LogP contribution in [-0.4, -0.2) is 27.5 Å². The van der Waals surface area contributed by atoms with Crippen LogP contribution in [0.25, 0.3) is 10.9 Å². The van der Waals surface area contributed by atoms with Gasteiger partial charge in [-0.3, -0.25) is 19.0 Å². The van der Waals surface area contributed by atoms with Gasteiger partial charge in [0.1, 0.15) is 5.82 Å². The zero-order chi connectivity index (χ0) is 21.0. The molecule has 1 atom stereocenters. The number of rotatable bonds is 6. The standard InChI is InChI=1S/C22H23N3O4/c1-14-8-10-16(11-9-14)23-21(27)15(2)29-20(26)13-12-19-24-18-7-5-4-6-17(18)22(28)25(19)3/h4-11,15H,12-13H2,1-3H3,(H,23,27)/t15-/m1/s1. The van der Waals surface area contributed by atoms with Crippen molar-refractivity contribution in [1.82, 2.24) is 9.55 Å². The molecule has 0 unspecified atom stereocenters. The molecule has 0 saturated carbocycles. The molecule has 150 valence electrons. The predicted octanol–water partition coefficient (Wildman–Crippen LogP) is 2.74. The number of hydrogen-bond acceptors (Lipinski definition) is 5. The number of esters is 1. The maximum Gasteiger partial charge on any atom is 0.307 e. The van der Waals surface area contributed by atoms with Crippen LogP contribution >= 0.6 is 0 Å². The lowest BCUT2D eigenvalue weighted by atomic mass is 10.2. The number of hydrogen-bond donors (Lipinski definition) is 1. The molecule has 1 N–H and O–H groups in total. The van der Waals surface area contributed by atoms with Crippen molar-refractivity contribution in [3.63, 3.8) is 0 Å². The quantitative estimate of drug-likeness (QED) is 0.651. The third-order valence-electron chi connectivity index (χ3n) is 4.63. The van der Waals surface area contributed by atoms with E-state index in [1.807, 2.05) is 19.1 Å². The van der Waals surface area contributed by atoms with Crippen LogP contribution in [-0.2, 0) is 27.8 Å². The number of carbonyl (C=O) groups excluding carboxylic acids is 2. The van der Waals surface area contributed by atoms with E-state index < -0.39 is 18.0 Å². The summed E-state index contributed by atoms with van der Waals surface area (Å²) < 4.78 is 6.65. The fourth-order valence-corrected chi connectivity index (χ4v) is 2.89. The molecule has 0 radical (unpaired) electrons. The van der Waals surface area contributed by atoms with Crippen LogP contribution in [0.1, 0.15) is 24.7 Å². The summed E-state index contributed by atoms with van der Waals surface area (Å²) in [6.07, 6.45) is -0.681.